The van der Waals surface area contributed by atoms with Gasteiger partial charge in [0.2, 0.25) is 23.6 Å². The molecular weight excluding hydrogens is 1010 g/mol. The van der Waals surface area contributed by atoms with Crippen LogP contribution in [-0.4, -0.2) is 123 Å². The molecule has 3 heterocycles. The summed E-state index contributed by atoms with van der Waals surface area (Å²) in [6.45, 7) is 8.42. The minimum Gasteiger partial charge on any atom is -0.445 e. The van der Waals surface area contributed by atoms with E-state index in [4.69, 9.17) is 9.72 Å². The zero-order valence-electron chi connectivity index (χ0n) is 43.6. The third-order valence-electron chi connectivity index (χ3n) is 13.0. The summed E-state index contributed by atoms with van der Waals surface area (Å²) in [6, 6.07) is 13.6. The molecule has 0 aliphatic carbocycles. The molecule has 1 aromatic heterocycles. The Morgan fingerprint density at radius 1 is 0.868 bits per heavy atom. The van der Waals surface area contributed by atoms with Gasteiger partial charge in [-0.15, -0.1) is 0 Å². The van der Waals surface area contributed by atoms with E-state index in [1.54, 1.807) is 59.7 Å². The summed E-state index contributed by atoms with van der Waals surface area (Å²) in [5.41, 5.74) is 0.683. The van der Waals surface area contributed by atoms with Gasteiger partial charge in [0.1, 0.15) is 42.1 Å². The second-order valence-corrected chi connectivity index (χ2v) is 21.4. The Morgan fingerprint density at radius 2 is 1.58 bits per heavy atom. The molecule has 1 saturated heterocycles. The van der Waals surface area contributed by atoms with Gasteiger partial charge in [0.05, 0.1) is 24.8 Å². The highest BCUT2D eigenvalue weighted by Crippen LogP contribution is 2.41. The van der Waals surface area contributed by atoms with Crippen LogP contribution in [0.5, 0.6) is 0 Å². The van der Waals surface area contributed by atoms with Crippen molar-refractivity contribution >= 4 is 59.0 Å². The molecule has 1 unspecified atom stereocenters. The summed E-state index contributed by atoms with van der Waals surface area (Å²) in [5, 5.41) is 7.97. The minimum absolute atomic E-state index is 0.0609. The van der Waals surface area contributed by atoms with Crippen LogP contribution < -0.4 is 16.0 Å². The molecule has 16 nitrogen and oxygen atoms in total. The standard InChI is InChI=1S/C55H66F4N8O8S/c1-34(2)50(63-45(68)13-8-7-9-23-66-47(70)20-21-48(66)71)53(73)60-27-46(69)61-40-17-14-35(15-18-40)33-75-54(74)65-29-37(43(59)31-65)30-67(49(72)22-24-76-6)51(55(3,4)5)52-62-44(41-26-39(57)16-19-42(41)58)32-64(52)28-36-11-10-12-38(56)25-36/h10-12,14-21,25-26,32,34,37,43,50-51H,7-9,13,22-24,27-31,33H2,1-6H3,(H,60,73)(H,61,69)(H,63,68)/t37-,43-,50?,51-/m0/s1. The Bertz CT molecular complexity index is 2750. The predicted molar refractivity (Wildman–Crippen MR) is 279 cm³/mol. The van der Waals surface area contributed by atoms with E-state index in [0.717, 1.165) is 23.1 Å². The Hall–Kier alpha value is -7.03. The lowest BCUT2D eigenvalue weighted by atomic mass is 9.84. The Morgan fingerprint density at radius 3 is 2.25 bits per heavy atom. The lowest BCUT2D eigenvalue weighted by Gasteiger charge is -2.41. The van der Waals surface area contributed by atoms with E-state index in [1.165, 1.54) is 47.1 Å². The van der Waals surface area contributed by atoms with Gasteiger partial charge in [-0.1, -0.05) is 65.3 Å². The summed E-state index contributed by atoms with van der Waals surface area (Å²) in [7, 11) is 0. The van der Waals surface area contributed by atoms with E-state index in [-0.39, 0.29) is 99.5 Å². The third kappa shape index (κ3) is 16.0. The first kappa shape index (κ1) is 58.2. The van der Waals surface area contributed by atoms with Crippen molar-refractivity contribution in [3.63, 3.8) is 0 Å². The Labute approximate surface area is 444 Å². The second-order valence-electron chi connectivity index (χ2n) is 20.4. The van der Waals surface area contributed by atoms with Gasteiger partial charge < -0.3 is 35.1 Å². The quantitative estimate of drug-likeness (QED) is 0.0352. The molecule has 3 N–H and O–H groups in total. The van der Waals surface area contributed by atoms with Gasteiger partial charge in [-0.2, -0.15) is 11.8 Å². The van der Waals surface area contributed by atoms with E-state index in [2.05, 4.69) is 16.0 Å². The maximum atomic E-state index is 16.2. The monoisotopic (exact) mass is 1070 g/mol. The number of hydrogen-bond acceptors (Lipinski definition) is 10. The normalized spacial score (nSPS) is 16.2. The summed E-state index contributed by atoms with van der Waals surface area (Å²) in [5.74, 6) is -4.72. The van der Waals surface area contributed by atoms with Crippen LogP contribution in [0.2, 0.25) is 0 Å². The van der Waals surface area contributed by atoms with Crippen molar-refractivity contribution in [3.05, 3.63) is 119 Å². The third-order valence-corrected chi connectivity index (χ3v) is 13.6. The lowest BCUT2D eigenvalue weighted by molar-refractivity contribution is -0.138. The number of nitrogens with one attached hydrogen (secondary N) is 3. The Balaban J connectivity index is 1.03. The van der Waals surface area contributed by atoms with Gasteiger partial charge in [0.15, 0.2) is 0 Å². The molecule has 2 aliphatic rings. The van der Waals surface area contributed by atoms with E-state index >= 15 is 8.78 Å². The fraction of sp³-hybridized carbons (Fsp3) is 0.455. The Kier molecular flexibility index (Phi) is 20.4. The van der Waals surface area contributed by atoms with Crippen LogP contribution >= 0.6 is 11.8 Å². The molecule has 1 fully saturated rings. The van der Waals surface area contributed by atoms with Crippen molar-refractivity contribution in [1.82, 2.24) is 34.9 Å². The van der Waals surface area contributed by atoms with Gasteiger partial charge in [-0.25, -0.2) is 27.3 Å². The largest absolute Gasteiger partial charge is 0.445 e. The fourth-order valence-corrected chi connectivity index (χ4v) is 9.46. The number of halogens is 4. The minimum atomic E-state index is -1.55. The van der Waals surface area contributed by atoms with E-state index in [1.807, 2.05) is 27.0 Å². The van der Waals surface area contributed by atoms with Gasteiger partial charge in [-0.3, -0.25) is 33.7 Å². The number of nitrogens with zero attached hydrogens (tertiary/aromatic N) is 5. The van der Waals surface area contributed by atoms with Crippen molar-refractivity contribution in [2.45, 2.75) is 98.1 Å². The number of imide groups is 1. The zero-order chi connectivity index (χ0) is 55.3. The van der Waals surface area contributed by atoms with Crippen molar-refractivity contribution in [2.24, 2.45) is 17.3 Å². The number of anilines is 1. The average molecular weight is 1080 g/mol. The maximum absolute atomic E-state index is 16.2. The summed E-state index contributed by atoms with van der Waals surface area (Å²) in [6.07, 6.45) is 5.34. The van der Waals surface area contributed by atoms with Crippen LogP contribution in [0, 0.1) is 34.7 Å². The van der Waals surface area contributed by atoms with Crippen LogP contribution in [0.3, 0.4) is 0 Å². The topological polar surface area (TPSA) is 192 Å². The highest BCUT2D eigenvalue weighted by atomic mass is 32.2. The van der Waals surface area contributed by atoms with Gasteiger partial charge >= 0.3 is 6.09 Å². The maximum Gasteiger partial charge on any atom is 0.410 e. The molecule has 4 aromatic rings. The molecular formula is C55H66F4N8O8S. The number of amides is 7. The van der Waals surface area contributed by atoms with Crippen LogP contribution in [0.1, 0.15) is 89.7 Å². The van der Waals surface area contributed by atoms with Crippen molar-refractivity contribution in [2.75, 3.05) is 50.0 Å². The van der Waals surface area contributed by atoms with Crippen LogP contribution in [0.25, 0.3) is 11.3 Å². The predicted octanol–water partition coefficient (Wildman–Crippen LogP) is 7.97. The van der Waals surface area contributed by atoms with Crippen molar-refractivity contribution in [1.29, 1.82) is 0 Å². The van der Waals surface area contributed by atoms with Crippen molar-refractivity contribution in [3.8, 4) is 11.3 Å². The number of benzene rings is 3. The van der Waals surface area contributed by atoms with Gasteiger partial charge in [0, 0.05) is 80.3 Å². The highest BCUT2D eigenvalue weighted by molar-refractivity contribution is 7.98. The molecule has 0 spiro atoms. The number of unbranched alkanes of at least 4 members (excludes halogenated alkanes) is 2. The molecule has 3 aromatic carbocycles. The number of likely N-dealkylation sites (tertiary alicyclic amines) is 1. The molecule has 408 valence electrons. The zero-order valence-corrected chi connectivity index (χ0v) is 44.4. The average Bonchev–Trinajstić information content (AvgIpc) is 4.05. The first-order valence-corrected chi connectivity index (χ1v) is 26.6. The number of carbonyl (C=O) groups is 7. The summed E-state index contributed by atoms with van der Waals surface area (Å²) >= 11 is 1.46. The number of ether oxygens (including phenoxy) is 1. The summed E-state index contributed by atoms with van der Waals surface area (Å²) < 4.78 is 67.7. The molecule has 21 heteroatoms. The number of carbonyl (C=O) groups excluding carboxylic acids is 7. The number of alkyl halides is 1. The molecule has 0 bridgehead atoms. The molecule has 0 saturated carbocycles. The summed E-state index contributed by atoms with van der Waals surface area (Å²) in [4.78, 5) is 98.5. The van der Waals surface area contributed by atoms with Gasteiger partial charge in [0.25, 0.3) is 11.8 Å². The molecule has 6 rings (SSSR count). The van der Waals surface area contributed by atoms with Crippen LogP contribution in [0.4, 0.5) is 28.0 Å². The second kappa shape index (κ2) is 26.6. The number of imidazole rings is 1. The van der Waals surface area contributed by atoms with Crippen molar-refractivity contribution < 1.29 is 55.9 Å². The molecule has 76 heavy (non-hydrogen) atoms. The van der Waals surface area contributed by atoms with Crippen LogP contribution in [-0.2, 0) is 46.7 Å². The lowest BCUT2D eigenvalue weighted by Crippen LogP contribution is -2.51. The van der Waals surface area contributed by atoms with E-state index in [9.17, 15) is 42.3 Å². The SMILES string of the molecule is CSCCC(=O)N(C[C@@H]1CN(C(=O)OCc2ccc(NC(=O)CNC(=O)C(NC(=O)CCCCCN3C(=O)C=CC3=O)C(C)C)cc2)C[C@@H]1F)[C@@H](c1nc(-c2cc(F)ccc2F)cn1Cc1cccc(F)c1)C(C)(C)C. The molecule has 7 amide bonds. The highest BCUT2D eigenvalue weighted by Gasteiger charge is 2.44. The van der Waals surface area contributed by atoms with Gasteiger partial charge in [-0.05, 0) is 84.0 Å². The first-order valence-electron chi connectivity index (χ1n) is 25.2. The molecule has 4 atom stereocenters. The number of rotatable bonds is 24. The number of aromatic nitrogens is 2. The van der Waals surface area contributed by atoms with Crippen LogP contribution in [0.15, 0.2) is 85.1 Å². The van der Waals surface area contributed by atoms with E-state index in [0.29, 0.717) is 47.7 Å². The smallest absolute Gasteiger partial charge is 0.410 e. The number of hydrogen-bond donors (Lipinski definition) is 3. The first-order chi connectivity index (χ1) is 36.1. The van der Waals surface area contributed by atoms with E-state index < -0.39 is 64.9 Å². The molecule has 0 radical (unpaired) electrons. The fourth-order valence-electron chi connectivity index (χ4n) is 9.08. The number of thioether (sulfide) groups is 1. The molecule has 2 aliphatic heterocycles.